The van der Waals surface area contributed by atoms with Gasteiger partial charge in [0.1, 0.15) is 4.88 Å². The minimum Gasteiger partial charge on any atom is -0.395 e. The summed E-state index contributed by atoms with van der Waals surface area (Å²) < 4.78 is 0. The molecule has 1 aromatic rings. The monoisotopic (exact) mass is 291 g/mol. The molecule has 2 atom stereocenters. The van der Waals surface area contributed by atoms with Crippen LogP contribution < -0.4 is 0 Å². The zero-order valence-electron chi connectivity index (χ0n) is 12.1. The van der Waals surface area contributed by atoms with E-state index >= 15 is 0 Å². The molecule has 1 aliphatic heterocycles. The van der Waals surface area contributed by atoms with E-state index in [2.05, 4.69) is 25.7 Å². The summed E-state index contributed by atoms with van der Waals surface area (Å²) in [6.07, 6.45) is 3.79. The Morgan fingerprint density at radius 3 is 2.80 bits per heavy atom. The maximum absolute atomic E-state index is 12.8. The minimum absolute atomic E-state index is 0.0562. The number of rotatable bonds is 2. The molecule has 1 N–H and O–H groups in total. The molecule has 0 radical (unpaired) electrons. The molecule has 20 heavy (non-hydrogen) atoms. The Morgan fingerprint density at radius 1 is 1.45 bits per heavy atom. The van der Waals surface area contributed by atoms with E-state index in [-0.39, 0.29) is 12.5 Å². The van der Waals surface area contributed by atoms with Crippen molar-refractivity contribution in [2.24, 2.45) is 0 Å². The predicted octanol–water partition coefficient (Wildman–Crippen LogP) is 2.89. The number of nitrogens with zero attached hydrogens (tertiary/aromatic N) is 1. The third kappa shape index (κ3) is 3.23. The van der Waals surface area contributed by atoms with E-state index < -0.39 is 0 Å². The van der Waals surface area contributed by atoms with Gasteiger partial charge in [-0.15, -0.1) is 11.3 Å². The smallest absolute Gasteiger partial charge is 0.265 e. The standard InChI is InChI=1S/C16H21NO2S/c1-12-6-5-7-13(2)17(12)16(19)15-14(9-11-20-15)8-3-4-10-18/h9,11-13,18H,4-7,10H2,1-2H3/t12-,13+. The molecular formula is C16H21NO2S. The average molecular weight is 291 g/mol. The lowest BCUT2D eigenvalue weighted by atomic mass is 9.97. The summed E-state index contributed by atoms with van der Waals surface area (Å²) in [5, 5.41) is 10.7. The van der Waals surface area contributed by atoms with Gasteiger partial charge in [0, 0.05) is 24.1 Å². The van der Waals surface area contributed by atoms with E-state index in [0.29, 0.717) is 18.5 Å². The van der Waals surface area contributed by atoms with Crippen LogP contribution in [0.2, 0.25) is 0 Å². The van der Waals surface area contributed by atoms with Crippen molar-refractivity contribution in [3.63, 3.8) is 0 Å². The van der Waals surface area contributed by atoms with E-state index in [4.69, 9.17) is 5.11 Å². The zero-order chi connectivity index (χ0) is 14.5. The van der Waals surface area contributed by atoms with Gasteiger partial charge in [-0.1, -0.05) is 11.8 Å². The Bertz CT molecular complexity index is 516. The van der Waals surface area contributed by atoms with Crippen molar-refractivity contribution >= 4 is 17.2 Å². The van der Waals surface area contributed by atoms with Gasteiger partial charge < -0.3 is 10.0 Å². The fourth-order valence-electron chi connectivity index (χ4n) is 2.73. The maximum Gasteiger partial charge on any atom is 0.265 e. The number of thiophene rings is 1. The summed E-state index contributed by atoms with van der Waals surface area (Å²) in [4.78, 5) is 15.5. The van der Waals surface area contributed by atoms with Crippen molar-refractivity contribution in [1.82, 2.24) is 4.90 Å². The molecule has 1 saturated heterocycles. The highest BCUT2D eigenvalue weighted by atomic mass is 32.1. The van der Waals surface area contributed by atoms with E-state index in [1.165, 1.54) is 17.8 Å². The SMILES string of the molecule is C[C@@H]1CCC[C@H](C)N1C(=O)c1sccc1C#CCCO. The molecule has 2 rings (SSSR count). The number of carbonyl (C=O) groups excluding carboxylic acids is 1. The minimum atomic E-state index is 0.0562. The van der Waals surface area contributed by atoms with Gasteiger partial charge in [0.15, 0.2) is 0 Å². The van der Waals surface area contributed by atoms with E-state index in [0.717, 1.165) is 23.3 Å². The first kappa shape index (κ1) is 15.1. The number of hydrogen-bond acceptors (Lipinski definition) is 3. The molecule has 0 unspecified atom stereocenters. The van der Waals surface area contributed by atoms with Crippen LogP contribution in [0.3, 0.4) is 0 Å². The lowest BCUT2D eigenvalue weighted by molar-refractivity contribution is 0.0515. The first-order valence-corrected chi connectivity index (χ1v) is 8.03. The van der Waals surface area contributed by atoms with Crippen molar-refractivity contribution in [3.05, 3.63) is 21.9 Å². The van der Waals surface area contributed by atoms with E-state index in [9.17, 15) is 4.79 Å². The third-order valence-electron chi connectivity index (χ3n) is 3.75. The maximum atomic E-state index is 12.8. The topological polar surface area (TPSA) is 40.5 Å². The lowest BCUT2D eigenvalue weighted by Gasteiger charge is -2.38. The molecule has 0 saturated carbocycles. The van der Waals surface area contributed by atoms with Gasteiger partial charge in [-0.3, -0.25) is 4.79 Å². The van der Waals surface area contributed by atoms with Gasteiger partial charge in [0.25, 0.3) is 5.91 Å². The number of hydrogen-bond donors (Lipinski definition) is 1. The highest BCUT2D eigenvalue weighted by molar-refractivity contribution is 7.12. The first-order valence-electron chi connectivity index (χ1n) is 7.15. The van der Waals surface area contributed by atoms with Gasteiger partial charge in [0.2, 0.25) is 0 Å². The van der Waals surface area contributed by atoms with Crippen LogP contribution >= 0.6 is 11.3 Å². The van der Waals surface area contributed by atoms with Crippen molar-refractivity contribution in [2.45, 2.75) is 51.6 Å². The van der Waals surface area contributed by atoms with Crippen molar-refractivity contribution < 1.29 is 9.90 Å². The summed E-state index contributed by atoms with van der Waals surface area (Å²) in [6.45, 7) is 4.30. The van der Waals surface area contributed by atoms with Crippen LogP contribution in [0, 0.1) is 11.8 Å². The fraction of sp³-hybridized carbons (Fsp3) is 0.562. The molecule has 0 aliphatic carbocycles. The van der Waals surface area contributed by atoms with Crippen LogP contribution in [0.25, 0.3) is 0 Å². The summed E-state index contributed by atoms with van der Waals surface area (Å²) >= 11 is 1.46. The van der Waals surface area contributed by atoms with Crippen LogP contribution in [-0.4, -0.2) is 34.6 Å². The molecule has 2 heterocycles. The second-order valence-corrected chi connectivity index (χ2v) is 6.20. The van der Waals surface area contributed by atoms with Gasteiger partial charge in [-0.2, -0.15) is 0 Å². The van der Waals surface area contributed by atoms with Gasteiger partial charge in [-0.05, 0) is 44.6 Å². The third-order valence-corrected chi connectivity index (χ3v) is 4.65. The average Bonchev–Trinajstić information content (AvgIpc) is 2.87. The molecule has 4 heteroatoms. The molecule has 0 bridgehead atoms. The number of aliphatic hydroxyl groups excluding tert-OH is 1. The summed E-state index contributed by atoms with van der Waals surface area (Å²) in [6, 6.07) is 2.49. The number of carbonyl (C=O) groups is 1. The van der Waals surface area contributed by atoms with E-state index in [1.54, 1.807) is 0 Å². The Morgan fingerprint density at radius 2 is 2.15 bits per heavy atom. The summed E-state index contributed by atoms with van der Waals surface area (Å²) in [5.74, 6) is 6.00. The highest BCUT2D eigenvalue weighted by Crippen LogP contribution is 2.27. The van der Waals surface area contributed by atoms with Crippen LogP contribution in [0.4, 0.5) is 0 Å². The Kier molecular flexibility index (Phi) is 5.22. The van der Waals surface area contributed by atoms with Gasteiger partial charge >= 0.3 is 0 Å². The van der Waals surface area contributed by atoms with Crippen LogP contribution in [-0.2, 0) is 0 Å². The summed E-state index contributed by atoms with van der Waals surface area (Å²) in [5.41, 5.74) is 0.790. The highest BCUT2D eigenvalue weighted by Gasteiger charge is 2.31. The lowest BCUT2D eigenvalue weighted by Crippen LogP contribution is -2.47. The van der Waals surface area contributed by atoms with Crippen molar-refractivity contribution in [1.29, 1.82) is 0 Å². The molecule has 1 aromatic heterocycles. The molecule has 1 aliphatic rings. The zero-order valence-corrected chi connectivity index (χ0v) is 12.9. The second-order valence-electron chi connectivity index (χ2n) is 5.28. The molecule has 1 amide bonds. The first-order chi connectivity index (χ1) is 9.65. The number of piperidine rings is 1. The molecule has 1 fully saturated rings. The van der Waals surface area contributed by atoms with E-state index in [1.807, 2.05) is 16.3 Å². The predicted molar refractivity (Wildman–Crippen MR) is 81.8 cm³/mol. The Balaban J connectivity index is 2.21. The van der Waals surface area contributed by atoms with Crippen LogP contribution in [0.1, 0.15) is 54.8 Å². The Hall–Kier alpha value is -1.31. The van der Waals surface area contributed by atoms with Crippen LogP contribution in [0.5, 0.6) is 0 Å². The fourth-order valence-corrected chi connectivity index (χ4v) is 3.52. The normalized spacial score (nSPS) is 22.2. The molecular weight excluding hydrogens is 270 g/mol. The summed E-state index contributed by atoms with van der Waals surface area (Å²) in [7, 11) is 0. The quantitative estimate of drug-likeness (QED) is 0.851. The molecule has 108 valence electrons. The largest absolute Gasteiger partial charge is 0.395 e. The number of likely N-dealkylation sites (tertiary alicyclic amines) is 1. The second kappa shape index (κ2) is 6.92. The van der Waals surface area contributed by atoms with Crippen LogP contribution in [0.15, 0.2) is 11.4 Å². The molecule has 0 aromatic carbocycles. The Labute approximate surface area is 124 Å². The molecule has 0 spiro atoms. The number of aliphatic hydroxyl groups is 1. The van der Waals surface area contributed by atoms with Gasteiger partial charge in [0.05, 0.1) is 6.61 Å². The number of amides is 1. The van der Waals surface area contributed by atoms with Crippen molar-refractivity contribution in [3.8, 4) is 11.8 Å². The van der Waals surface area contributed by atoms with Crippen molar-refractivity contribution in [2.75, 3.05) is 6.61 Å². The molecule has 3 nitrogen and oxygen atoms in total. The van der Waals surface area contributed by atoms with Gasteiger partial charge in [-0.25, -0.2) is 0 Å².